The molecule has 156 valence electrons. The first-order chi connectivity index (χ1) is 14.7. The second kappa shape index (κ2) is 9.05. The van der Waals surface area contributed by atoms with Gasteiger partial charge in [-0.25, -0.2) is 0 Å². The largest absolute Gasteiger partial charge is 0.502 e. The number of nitrogens with zero attached hydrogens (tertiary/aromatic N) is 2. The second-order valence-electron chi connectivity index (χ2n) is 7.54. The summed E-state index contributed by atoms with van der Waals surface area (Å²) in [4.78, 5) is 1.57. The van der Waals surface area contributed by atoms with E-state index in [4.69, 9.17) is 9.47 Å². The number of phenols is 1. The maximum Gasteiger partial charge on any atom is 0.200 e. The van der Waals surface area contributed by atoms with Gasteiger partial charge in [0.25, 0.3) is 0 Å². The number of rotatable bonds is 6. The van der Waals surface area contributed by atoms with Crippen LogP contribution in [-0.2, 0) is 6.54 Å². The van der Waals surface area contributed by atoms with Gasteiger partial charge in [-0.3, -0.25) is 5.01 Å². The number of hydrazone groups is 1. The van der Waals surface area contributed by atoms with E-state index in [-0.39, 0.29) is 5.75 Å². The van der Waals surface area contributed by atoms with Crippen LogP contribution in [0, 0.1) is 0 Å². The molecule has 3 aromatic carbocycles. The van der Waals surface area contributed by atoms with Gasteiger partial charge >= 0.3 is 0 Å². The summed E-state index contributed by atoms with van der Waals surface area (Å²) in [5.41, 5.74) is 2.23. The molecular weight excluding hydrogens is 378 g/mol. The minimum absolute atomic E-state index is 0.00259. The molecule has 0 aliphatic carbocycles. The van der Waals surface area contributed by atoms with E-state index in [0.29, 0.717) is 11.5 Å². The minimum Gasteiger partial charge on any atom is -0.502 e. The third kappa shape index (κ3) is 4.33. The summed E-state index contributed by atoms with van der Waals surface area (Å²) >= 11 is 0. The monoisotopic (exact) mass is 406 g/mol. The van der Waals surface area contributed by atoms with Crippen LogP contribution >= 0.6 is 0 Å². The molecule has 0 spiro atoms. The van der Waals surface area contributed by atoms with Gasteiger partial charge in [0, 0.05) is 11.1 Å². The first-order valence-electron chi connectivity index (χ1n) is 10.2. The van der Waals surface area contributed by atoms with Gasteiger partial charge in [-0.2, -0.15) is 5.10 Å². The summed E-state index contributed by atoms with van der Waals surface area (Å²) in [6.45, 7) is 4.93. The molecule has 0 unspecified atom stereocenters. The van der Waals surface area contributed by atoms with Crippen LogP contribution in [0.5, 0.6) is 17.2 Å². The van der Waals surface area contributed by atoms with Crippen LogP contribution < -0.4 is 14.4 Å². The molecule has 30 heavy (non-hydrogen) atoms. The van der Waals surface area contributed by atoms with Gasteiger partial charge in [-0.15, -0.1) is 0 Å². The van der Waals surface area contributed by atoms with E-state index in [1.807, 2.05) is 0 Å². The zero-order valence-corrected chi connectivity index (χ0v) is 17.5. The summed E-state index contributed by atoms with van der Waals surface area (Å²) in [5.74, 6) is 0.753. The summed E-state index contributed by atoms with van der Waals surface area (Å²) < 4.78 is 10.4. The van der Waals surface area contributed by atoms with Crippen LogP contribution in [0.3, 0.4) is 0 Å². The molecule has 4 rings (SSSR count). The minimum atomic E-state index is 0.00259. The summed E-state index contributed by atoms with van der Waals surface area (Å²) in [6.07, 6.45) is 1.79. The molecule has 3 aromatic rings. The molecule has 1 fully saturated rings. The molecular formula is C24H28N3O3+. The molecule has 0 bridgehead atoms. The van der Waals surface area contributed by atoms with Crippen LogP contribution in [0.1, 0.15) is 11.1 Å². The molecule has 0 amide bonds. The van der Waals surface area contributed by atoms with Crippen molar-refractivity contribution in [3.63, 3.8) is 0 Å². The molecule has 0 saturated carbocycles. The van der Waals surface area contributed by atoms with Crippen molar-refractivity contribution in [2.75, 3.05) is 40.4 Å². The van der Waals surface area contributed by atoms with Crippen LogP contribution in [0.15, 0.2) is 59.7 Å². The zero-order chi connectivity index (χ0) is 20.9. The molecule has 0 atom stereocenters. The van der Waals surface area contributed by atoms with Crippen molar-refractivity contribution in [1.82, 2.24) is 5.01 Å². The van der Waals surface area contributed by atoms with Gasteiger partial charge in [-0.1, -0.05) is 42.5 Å². The Morgan fingerprint density at radius 1 is 1.00 bits per heavy atom. The van der Waals surface area contributed by atoms with E-state index in [0.717, 1.165) is 38.3 Å². The second-order valence-corrected chi connectivity index (χ2v) is 7.54. The number of phenolic OH excluding ortho intramolecular Hbond substituents is 1. The lowest BCUT2D eigenvalue weighted by molar-refractivity contribution is -0.918. The van der Waals surface area contributed by atoms with Crippen molar-refractivity contribution in [2.45, 2.75) is 6.54 Å². The van der Waals surface area contributed by atoms with E-state index in [9.17, 15) is 5.11 Å². The van der Waals surface area contributed by atoms with Crippen molar-refractivity contribution in [3.8, 4) is 17.2 Å². The van der Waals surface area contributed by atoms with E-state index >= 15 is 0 Å². The Hall–Kier alpha value is -3.25. The van der Waals surface area contributed by atoms with Crippen molar-refractivity contribution in [2.24, 2.45) is 5.10 Å². The van der Waals surface area contributed by atoms with Crippen LogP contribution in [0.25, 0.3) is 10.8 Å². The maximum atomic E-state index is 10.0. The SMILES string of the molecule is COc1cc(/C=N/N2CC[NH+](Cc3cccc4ccccc34)CC2)cc(OC)c1O. The number of quaternary nitrogens is 1. The average Bonchev–Trinajstić information content (AvgIpc) is 2.79. The van der Waals surface area contributed by atoms with Gasteiger partial charge in [0.1, 0.15) is 6.54 Å². The number of ether oxygens (including phenoxy) is 2. The summed E-state index contributed by atoms with van der Waals surface area (Å²) in [5, 5.41) is 19.4. The average molecular weight is 407 g/mol. The van der Waals surface area contributed by atoms with E-state index in [2.05, 4.69) is 52.6 Å². The Kier molecular flexibility index (Phi) is 6.05. The van der Waals surface area contributed by atoms with Crippen LogP contribution in [-0.4, -0.2) is 56.7 Å². The number of hydrogen-bond acceptors (Lipinski definition) is 5. The Morgan fingerprint density at radius 2 is 1.67 bits per heavy atom. The van der Waals surface area contributed by atoms with Gasteiger partial charge < -0.3 is 19.5 Å². The molecule has 6 heteroatoms. The fourth-order valence-corrected chi connectivity index (χ4v) is 3.96. The third-order valence-corrected chi connectivity index (χ3v) is 5.64. The number of aromatic hydroxyl groups is 1. The lowest BCUT2D eigenvalue weighted by Gasteiger charge is -2.30. The highest BCUT2D eigenvalue weighted by Crippen LogP contribution is 2.36. The first kappa shape index (κ1) is 20.0. The van der Waals surface area contributed by atoms with Crippen LogP contribution in [0.4, 0.5) is 0 Å². The van der Waals surface area contributed by atoms with Crippen LogP contribution in [0.2, 0.25) is 0 Å². The standard InChI is InChI=1S/C24H27N3O3/c1-29-22-14-18(15-23(30-2)24(22)28)16-25-27-12-10-26(11-13-27)17-20-8-5-7-19-6-3-4-9-21(19)20/h3-9,14-16,28H,10-13,17H2,1-2H3/p+1/b25-16+. The number of fused-ring (bicyclic) bond motifs is 1. The van der Waals surface area contributed by atoms with Gasteiger partial charge in [0.15, 0.2) is 11.5 Å². The molecule has 1 saturated heterocycles. The molecule has 1 aliphatic heterocycles. The molecule has 0 aromatic heterocycles. The van der Waals surface area contributed by atoms with Gasteiger partial charge in [0.2, 0.25) is 5.75 Å². The highest BCUT2D eigenvalue weighted by molar-refractivity contribution is 5.85. The number of methoxy groups -OCH3 is 2. The lowest BCUT2D eigenvalue weighted by atomic mass is 10.0. The predicted molar refractivity (Wildman–Crippen MR) is 119 cm³/mol. The smallest absolute Gasteiger partial charge is 0.200 e. The highest BCUT2D eigenvalue weighted by Gasteiger charge is 2.19. The number of nitrogens with one attached hydrogen (secondary N) is 1. The zero-order valence-electron chi connectivity index (χ0n) is 17.5. The van der Waals surface area contributed by atoms with Crippen molar-refractivity contribution < 1.29 is 19.5 Å². The maximum absolute atomic E-state index is 10.0. The van der Waals surface area contributed by atoms with E-state index < -0.39 is 0 Å². The van der Waals surface area contributed by atoms with Gasteiger partial charge in [0.05, 0.1) is 46.6 Å². The molecule has 2 N–H and O–H groups in total. The normalized spacial score (nSPS) is 15.1. The Morgan fingerprint density at radius 3 is 2.37 bits per heavy atom. The lowest BCUT2D eigenvalue weighted by Crippen LogP contribution is -3.13. The Labute approximate surface area is 176 Å². The number of hydrogen-bond donors (Lipinski definition) is 2. The van der Waals surface area contributed by atoms with Crippen molar-refractivity contribution in [1.29, 1.82) is 0 Å². The molecule has 6 nitrogen and oxygen atoms in total. The van der Waals surface area contributed by atoms with E-state index in [1.54, 1.807) is 23.2 Å². The first-order valence-corrected chi connectivity index (χ1v) is 10.2. The van der Waals surface area contributed by atoms with Crippen molar-refractivity contribution in [3.05, 3.63) is 65.7 Å². The highest BCUT2D eigenvalue weighted by atomic mass is 16.5. The van der Waals surface area contributed by atoms with Gasteiger partial charge in [-0.05, 0) is 22.9 Å². The summed E-state index contributed by atoms with van der Waals surface area (Å²) in [6, 6.07) is 18.7. The molecule has 1 heterocycles. The third-order valence-electron chi connectivity index (χ3n) is 5.64. The van der Waals surface area contributed by atoms with Crippen molar-refractivity contribution >= 4 is 17.0 Å². The number of benzene rings is 3. The number of piperazine rings is 1. The van der Waals surface area contributed by atoms with E-state index in [1.165, 1.54) is 30.6 Å². The topological polar surface area (TPSA) is 58.7 Å². The fourth-order valence-electron chi connectivity index (χ4n) is 3.96. The fraction of sp³-hybridized carbons (Fsp3) is 0.292. The summed E-state index contributed by atoms with van der Waals surface area (Å²) in [7, 11) is 3.04. The Balaban J connectivity index is 1.38. The quantitative estimate of drug-likeness (QED) is 0.617. The molecule has 0 radical (unpaired) electrons. The Bertz CT molecular complexity index is 1010. The molecule has 1 aliphatic rings. The predicted octanol–water partition coefficient (Wildman–Crippen LogP) is 2.30.